The molecule has 0 saturated heterocycles. The Hall–Kier alpha value is -2.31. The molecule has 27 heavy (non-hydrogen) atoms. The smallest absolute Gasteiger partial charge is 0.241 e. The number of hydrogen-bond donors (Lipinski definition) is 2. The highest BCUT2D eigenvalue weighted by molar-refractivity contribution is 5.86. The van der Waals surface area contributed by atoms with Crippen LogP contribution in [-0.4, -0.2) is 62.5 Å². The standard InChI is InChI=1S/C20H34N6O/c1-15-9-6-7-11-17(15)24-20(22-14-19(27)26(4)5)21-13-16-10-8-12-18(23-16)25(2)3/h8,10,12,15,17H,6-7,9,11,13-14H2,1-5H3,(H2,21,22,24). The molecule has 1 amide bonds. The number of nitrogens with zero attached hydrogens (tertiary/aromatic N) is 4. The molecule has 7 nitrogen and oxygen atoms in total. The number of nitrogens with one attached hydrogen (secondary N) is 2. The first kappa shape index (κ1) is 21.0. The van der Waals surface area contributed by atoms with Gasteiger partial charge in [-0.3, -0.25) is 4.79 Å². The second-order valence-electron chi connectivity index (χ2n) is 7.70. The van der Waals surface area contributed by atoms with E-state index in [1.165, 1.54) is 19.3 Å². The predicted molar refractivity (Wildman–Crippen MR) is 111 cm³/mol. The lowest BCUT2D eigenvalue weighted by Gasteiger charge is -2.31. The molecule has 0 aliphatic heterocycles. The van der Waals surface area contributed by atoms with Crippen LogP contribution in [0.4, 0.5) is 5.82 Å². The Bertz CT molecular complexity index is 643. The number of pyridine rings is 1. The summed E-state index contributed by atoms with van der Waals surface area (Å²) >= 11 is 0. The Labute approximate surface area is 163 Å². The van der Waals surface area contributed by atoms with Crippen LogP contribution in [0.5, 0.6) is 0 Å². The van der Waals surface area contributed by atoms with Crippen LogP contribution in [0, 0.1) is 5.92 Å². The van der Waals surface area contributed by atoms with Crippen LogP contribution in [0.1, 0.15) is 38.3 Å². The summed E-state index contributed by atoms with van der Waals surface area (Å²) in [6.45, 7) is 2.97. The Morgan fingerprint density at radius 1 is 1.22 bits per heavy atom. The van der Waals surface area contributed by atoms with Gasteiger partial charge in [-0.1, -0.05) is 25.8 Å². The number of amides is 1. The Kier molecular flexibility index (Phi) is 7.88. The third-order valence-corrected chi connectivity index (χ3v) is 4.99. The van der Waals surface area contributed by atoms with E-state index in [0.29, 0.717) is 24.5 Å². The van der Waals surface area contributed by atoms with Crippen molar-refractivity contribution in [3.63, 3.8) is 0 Å². The van der Waals surface area contributed by atoms with Crippen molar-refractivity contribution >= 4 is 17.7 Å². The van der Waals surface area contributed by atoms with Crippen LogP contribution in [0.3, 0.4) is 0 Å². The minimum atomic E-state index is 0.0222. The number of hydrogen-bond acceptors (Lipinski definition) is 4. The fourth-order valence-electron chi connectivity index (χ4n) is 3.14. The Morgan fingerprint density at radius 3 is 2.63 bits per heavy atom. The fraction of sp³-hybridized carbons (Fsp3) is 0.650. The third kappa shape index (κ3) is 6.73. The first-order chi connectivity index (χ1) is 12.9. The van der Waals surface area contributed by atoms with Crippen LogP contribution in [0.2, 0.25) is 0 Å². The molecule has 1 fully saturated rings. The van der Waals surface area contributed by atoms with Gasteiger partial charge in [-0.15, -0.1) is 0 Å². The van der Waals surface area contributed by atoms with Crippen LogP contribution in [0.15, 0.2) is 23.2 Å². The highest BCUT2D eigenvalue weighted by Crippen LogP contribution is 2.23. The lowest BCUT2D eigenvalue weighted by atomic mass is 9.86. The van der Waals surface area contributed by atoms with Gasteiger partial charge < -0.3 is 20.4 Å². The summed E-state index contributed by atoms with van der Waals surface area (Å²) in [5.41, 5.74) is 0.901. The molecule has 0 radical (unpaired) electrons. The van der Waals surface area contributed by atoms with Crippen molar-refractivity contribution in [2.45, 2.75) is 45.2 Å². The molecule has 1 aliphatic rings. The number of guanidine groups is 1. The fourth-order valence-corrected chi connectivity index (χ4v) is 3.14. The molecule has 1 heterocycles. The molecule has 1 aromatic rings. The van der Waals surface area contributed by atoms with Gasteiger partial charge in [-0.25, -0.2) is 9.98 Å². The zero-order valence-corrected chi connectivity index (χ0v) is 17.3. The molecule has 1 aromatic heterocycles. The maximum Gasteiger partial charge on any atom is 0.241 e. The maximum atomic E-state index is 12.0. The Morgan fingerprint density at radius 2 is 1.96 bits per heavy atom. The zero-order chi connectivity index (χ0) is 19.8. The van der Waals surface area contributed by atoms with E-state index in [-0.39, 0.29) is 12.5 Å². The number of rotatable bonds is 6. The van der Waals surface area contributed by atoms with Crippen molar-refractivity contribution in [1.29, 1.82) is 0 Å². The summed E-state index contributed by atoms with van der Waals surface area (Å²) in [5, 5.41) is 6.72. The molecular weight excluding hydrogens is 340 g/mol. The lowest BCUT2D eigenvalue weighted by Crippen LogP contribution is -2.49. The number of aromatic nitrogens is 1. The number of carbonyl (C=O) groups excluding carboxylic acids is 1. The molecule has 0 bridgehead atoms. The van der Waals surface area contributed by atoms with Crippen molar-refractivity contribution < 1.29 is 4.79 Å². The summed E-state index contributed by atoms with van der Waals surface area (Å²) < 4.78 is 0. The van der Waals surface area contributed by atoms with E-state index in [4.69, 9.17) is 4.99 Å². The second-order valence-corrected chi connectivity index (χ2v) is 7.70. The first-order valence-corrected chi connectivity index (χ1v) is 9.75. The molecule has 7 heteroatoms. The molecular formula is C20H34N6O. The summed E-state index contributed by atoms with van der Waals surface area (Å²) in [6, 6.07) is 6.33. The molecule has 1 saturated carbocycles. The largest absolute Gasteiger partial charge is 0.363 e. The molecule has 0 spiro atoms. The molecule has 1 aliphatic carbocycles. The first-order valence-electron chi connectivity index (χ1n) is 9.75. The monoisotopic (exact) mass is 374 g/mol. The van der Waals surface area contributed by atoms with E-state index >= 15 is 0 Å². The topological polar surface area (TPSA) is 72.9 Å². The van der Waals surface area contributed by atoms with Gasteiger partial charge in [-0.05, 0) is 30.9 Å². The van der Waals surface area contributed by atoms with Crippen LogP contribution in [-0.2, 0) is 11.3 Å². The molecule has 150 valence electrons. The van der Waals surface area contributed by atoms with Gasteiger partial charge in [0.25, 0.3) is 0 Å². The highest BCUT2D eigenvalue weighted by Gasteiger charge is 2.22. The maximum absolute atomic E-state index is 12.0. The van der Waals surface area contributed by atoms with Crippen LogP contribution >= 0.6 is 0 Å². The molecule has 2 unspecified atom stereocenters. The van der Waals surface area contributed by atoms with Crippen LogP contribution < -0.4 is 15.5 Å². The Balaban J connectivity index is 2.08. The van der Waals surface area contributed by atoms with Crippen molar-refractivity contribution in [1.82, 2.24) is 20.5 Å². The van der Waals surface area contributed by atoms with Gasteiger partial charge in [0.15, 0.2) is 5.96 Å². The summed E-state index contributed by atoms with van der Waals surface area (Å²) in [6.07, 6.45) is 4.89. The SMILES string of the molecule is CC1CCCCC1NC(=NCc1cccc(N(C)C)n1)NCC(=O)N(C)C. The third-order valence-electron chi connectivity index (χ3n) is 4.99. The predicted octanol–water partition coefficient (Wildman–Crippen LogP) is 1.85. The van der Waals surface area contributed by atoms with Crippen molar-refractivity contribution in [2.24, 2.45) is 10.9 Å². The number of anilines is 1. The van der Waals surface area contributed by atoms with E-state index < -0.39 is 0 Å². The average molecular weight is 375 g/mol. The van der Waals surface area contributed by atoms with Gasteiger partial charge in [0, 0.05) is 34.2 Å². The van der Waals surface area contributed by atoms with Gasteiger partial charge >= 0.3 is 0 Å². The molecule has 0 aromatic carbocycles. The molecule has 2 rings (SSSR count). The van der Waals surface area contributed by atoms with Gasteiger partial charge in [0.1, 0.15) is 5.82 Å². The van der Waals surface area contributed by atoms with Crippen molar-refractivity contribution in [3.05, 3.63) is 23.9 Å². The van der Waals surface area contributed by atoms with E-state index in [1.54, 1.807) is 19.0 Å². The van der Waals surface area contributed by atoms with Gasteiger partial charge in [0.05, 0.1) is 18.8 Å². The average Bonchev–Trinajstić information content (AvgIpc) is 2.65. The highest BCUT2D eigenvalue weighted by atomic mass is 16.2. The summed E-state index contributed by atoms with van der Waals surface area (Å²) in [4.78, 5) is 24.8. The van der Waals surface area contributed by atoms with Gasteiger partial charge in [-0.2, -0.15) is 0 Å². The minimum absolute atomic E-state index is 0.0222. The quantitative estimate of drug-likeness (QED) is 0.587. The van der Waals surface area contributed by atoms with E-state index in [2.05, 4.69) is 22.5 Å². The van der Waals surface area contributed by atoms with Gasteiger partial charge in [0.2, 0.25) is 5.91 Å². The van der Waals surface area contributed by atoms with Crippen molar-refractivity contribution in [3.8, 4) is 0 Å². The van der Waals surface area contributed by atoms with E-state index in [1.807, 2.05) is 37.2 Å². The zero-order valence-electron chi connectivity index (χ0n) is 17.3. The van der Waals surface area contributed by atoms with Crippen molar-refractivity contribution in [2.75, 3.05) is 39.6 Å². The summed E-state index contributed by atoms with van der Waals surface area (Å²) in [5.74, 6) is 2.22. The number of aliphatic imine (C=N–C) groups is 1. The second kappa shape index (κ2) is 10.1. The number of likely N-dealkylation sites (N-methyl/N-ethyl adjacent to an activating group) is 1. The van der Waals surface area contributed by atoms with E-state index in [0.717, 1.165) is 17.9 Å². The number of carbonyl (C=O) groups is 1. The minimum Gasteiger partial charge on any atom is -0.363 e. The lowest BCUT2D eigenvalue weighted by molar-refractivity contribution is -0.127. The normalized spacial score (nSPS) is 20.1. The summed E-state index contributed by atoms with van der Waals surface area (Å²) in [7, 11) is 7.46. The van der Waals surface area contributed by atoms with Crippen LogP contribution in [0.25, 0.3) is 0 Å². The molecule has 2 atom stereocenters. The molecule has 2 N–H and O–H groups in total. The van der Waals surface area contributed by atoms with E-state index in [9.17, 15) is 4.79 Å².